The minimum Gasteiger partial charge on any atom is -0.465 e. The lowest BCUT2D eigenvalue weighted by atomic mass is 9.92. The first-order chi connectivity index (χ1) is 11.6. The first-order valence-corrected chi connectivity index (χ1v) is 7.82. The van der Waals surface area contributed by atoms with Gasteiger partial charge in [0.15, 0.2) is 11.6 Å². The second kappa shape index (κ2) is 7.23. The highest BCUT2D eigenvalue weighted by atomic mass is 35.5. The van der Waals surface area contributed by atoms with E-state index in [0.29, 0.717) is 16.4 Å². The number of carboxylic acid groups (broad SMARTS) is 1. The summed E-state index contributed by atoms with van der Waals surface area (Å²) in [5.74, 6) is -1.75. The second-order valence-electron chi connectivity index (χ2n) is 6.21. The van der Waals surface area contributed by atoms with E-state index in [0.717, 1.165) is 17.0 Å². The van der Waals surface area contributed by atoms with Gasteiger partial charge in [-0.15, -0.1) is 0 Å². The van der Waals surface area contributed by atoms with Gasteiger partial charge in [0.05, 0.1) is 5.02 Å². The summed E-state index contributed by atoms with van der Waals surface area (Å²) in [6.07, 6.45) is 0.547. The van der Waals surface area contributed by atoms with Crippen LogP contribution in [-0.2, 0) is 6.42 Å². The molecular formula is C17H18ClF2N3O2. The quantitative estimate of drug-likeness (QED) is 0.802. The Bertz CT molecular complexity index is 799. The van der Waals surface area contributed by atoms with Gasteiger partial charge < -0.3 is 15.3 Å². The van der Waals surface area contributed by atoms with Crippen molar-refractivity contribution in [1.29, 1.82) is 0 Å². The summed E-state index contributed by atoms with van der Waals surface area (Å²) in [4.78, 5) is 16.4. The SMILES string of the molecule is CN(C(=O)O)C(C)(C)Cc1cc(F)c(F)cc1Nc1ncccc1Cl. The predicted octanol–water partition coefficient (Wildman–Crippen LogP) is 4.69. The molecule has 0 spiro atoms. The molecule has 0 fully saturated rings. The van der Waals surface area contributed by atoms with Gasteiger partial charge in [-0.3, -0.25) is 0 Å². The third kappa shape index (κ3) is 4.36. The topological polar surface area (TPSA) is 65.5 Å². The summed E-state index contributed by atoms with van der Waals surface area (Å²) >= 11 is 6.04. The molecule has 0 saturated carbocycles. The van der Waals surface area contributed by atoms with Gasteiger partial charge in [0, 0.05) is 30.5 Å². The Morgan fingerprint density at radius 2 is 2.00 bits per heavy atom. The largest absolute Gasteiger partial charge is 0.465 e. The molecule has 0 aliphatic rings. The lowest BCUT2D eigenvalue weighted by Crippen LogP contribution is -2.46. The summed E-state index contributed by atoms with van der Waals surface area (Å²) in [6.45, 7) is 3.39. The minimum absolute atomic E-state index is 0.153. The van der Waals surface area contributed by atoms with Crippen molar-refractivity contribution < 1.29 is 18.7 Å². The van der Waals surface area contributed by atoms with Crippen molar-refractivity contribution in [3.63, 3.8) is 0 Å². The number of nitrogens with one attached hydrogen (secondary N) is 1. The summed E-state index contributed by atoms with van der Waals surface area (Å²) in [5.41, 5.74) is -0.175. The average Bonchev–Trinajstić information content (AvgIpc) is 2.53. The molecule has 5 nitrogen and oxygen atoms in total. The molecule has 2 rings (SSSR count). The van der Waals surface area contributed by atoms with Crippen LogP contribution in [0.3, 0.4) is 0 Å². The van der Waals surface area contributed by atoms with E-state index >= 15 is 0 Å². The van der Waals surface area contributed by atoms with Crippen LogP contribution in [-0.4, -0.2) is 33.7 Å². The standard InChI is InChI=1S/C17H18ClF2N3O2/c1-17(2,23(3)16(24)25)9-10-7-12(19)13(20)8-14(10)22-15-11(18)5-4-6-21-15/h4-8H,9H2,1-3H3,(H,21,22)(H,24,25). The number of halogens is 3. The molecule has 0 unspecified atom stereocenters. The molecule has 1 heterocycles. The van der Waals surface area contributed by atoms with Crippen molar-refractivity contribution in [3.05, 3.63) is 52.7 Å². The van der Waals surface area contributed by atoms with Crippen LogP contribution in [0.4, 0.5) is 25.1 Å². The average molecular weight is 370 g/mol. The van der Waals surface area contributed by atoms with Crippen LogP contribution in [0, 0.1) is 11.6 Å². The second-order valence-corrected chi connectivity index (χ2v) is 6.62. The molecule has 0 radical (unpaired) electrons. The van der Waals surface area contributed by atoms with Crippen LogP contribution >= 0.6 is 11.6 Å². The van der Waals surface area contributed by atoms with Gasteiger partial charge in [0.2, 0.25) is 0 Å². The third-order valence-electron chi connectivity index (χ3n) is 3.98. The third-order valence-corrected chi connectivity index (χ3v) is 4.28. The molecule has 0 atom stereocenters. The first kappa shape index (κ1) is 18.9. The van der Waals surface area contributed by atoms with Gasteiger partial charge in [0.1, 0.15) is 5.82 Å². The number of pyridine rings is 1. The maximum absolute atomic E-state index is 13.7. The van der Waals surface area contributed by atoms with Crippen LogP contribution in [0.25, 0.3) is 0 Å². The normalized spacial score (nSPS) is 11.3. The van der Waals surface area contributed by atoms with E-state index in [1.165, 1.54) is 13.2 Å². The van der Waals surface area contributed by atoms with Gasteiger partial charge in [-0.25, -0.2) is 18.6 Å². The van der Waals surface area contributed by atoms with E-state index in [1.54, 1.807) is 26.0 Å². The Kier molecular flexibility index (Phi) is 5.47. The smallest absolute Gasteiger partial charge is 0.407 e. The Morgan fingerprint density at radius 1 is 1.36 bits per heavy atom. The number of likely N-dealkylation sites (N-methyl/N-ethyl adjacent to an activating group) is 1. The number of hydrogen-bond donors (Lipinski definition) is 2. The Labute approximate surface area is 149 Å². The van der Waals surface area contributed by atoms with Crippen LogP contribution in [0.15, 0.2) is 30.5 Å². The first-order valence-electron chi connectivity index (χ1n) is 7.44. The lowest BCUT2D eigenvalue weighted by Gasteiger charge is -2.34. The van der Waals surface area contributed by atoms with Gasteiger partial charge in [0.25, 0.3) is 0 Å². The highest BCUT2D eigenvalue weighted by Gasteiger charge is 2.29. The zero-order valence-electron chi connectivity index (χ0n) is 14.0. The fourth-order valence-corrected chi connectivity index (χ4v) is 2.47. The van der Waals surface area contributed by atoms with Crippen molar-refractivity contribution in [2.24, 2.45) is 0 Å². The molecule has 25 heavy (non-hydrogen) atoms. The Balaban J connectivity index is 2.42. The van der Waals surface area contributed by atoms with Crippen LogP contribution in [0.5, 0.6) is 0 Å². The molecule has 1 aromatic heterocycles. The number of benzene rings is 1. The van der Waals surface area contributed by atoms with Crippen molar-refractivity contribution >= 4 is 29.2 Å². The summed E-state index contributed by atoms with van der Waals surface area (Å²) in [7, 11) is 1.42. The summed E-state index contributed by atoms with van der Waals surface area (Å²) in [6, 6.07) is 5.31. The number of rotatable bonds is 5. The van der Waals surface area contributed by atoms with E-state index in [2.05, 4.69) is 10.3 Å². The maximum Gasteiger partial charge on any atom is 0.407 e. The predicted molar refractivity (Wildman–Crippen MR) is 92.5 cm³/mol. The number of carbonyl (C=O) groups is 1. The fraction of sp³-hybridized carbons (Fsp3) is 0.294. The van der Waals surface area contributed by atoms with Crippen LogP contribution in [0.1, 0.15) is 19.4 Å². The molecule has 8 heteroatoms. The van der Waals surface area contributed by atoms with E-state index in [9.17, 15) is 18.7 Å². The van der Waals surface area contributed by atoms with E-state index < -0.39 is 23.3 Å². The monoisotopic (exact) mass is 369 g/mol. The molecular weight excluding hydrogens is 352 g/mol. The van der Waals surface area contributed by atoms with Crippen molar-refractivity contribution in [2.75, 3.05) is 12.4 Å². The van der Waals surface area contributed by atoms with Crippen LogP contribution < -0.4 is 5.32 Å². The zero-order chi connectivity index (χ0) is 18.8. The van der Waals surface area contributed by atoms with Gasteiger partial charge in [-0.05, 0) is 44.0 Å². The van der Waals surface area contributed by atoms with E-state index in [1.807, 2.05) is 0 Å². The number of hydrogen-bond acceptors (Lipinski definition) is 3. The molecule has 2 N–H and O–H groups in total. The van der Waals surface area contributed by atoms with Gasteiger partial charge >= 0.3 is 6.09 Å². The number of anilines is 2. The van der Waals surface area contributed by atoms with E-state index in [4.69, 9.17) is 11.6 Å². The Morgan fingerprint density at radius 3 is 2.60 bits per heavy atom. The fourth-order valence-electron chi connectivity index (χ4n) is 2.30. The molecule has 1 amide bonds. The lowest BCUT2D eigenvalue weighted by molar-refractivity contribution is 0.110. The number of amides is 1. The van der Waals surface area contributed by atoms with Crippen molar-refractivity contribution in [3.8, 4) is 0 Å². The van der Waals surface area contributed by atoms with Crippen molar-refractivity contribution in [1.82, 2.24) is 9.88 Å². The molecule has 134 valence electrons. The molecule has 2 aromatic rings. The number of nitrogens with zero attached hydrogens (tertiary/aromatic N) is 2. The molecule has 0 saturated heterocycles. The van der Waals surface area contributed by atoms with Gasteiger partial charge in [-0.2, -0.15) is 0 Å². The molecule has 0 bridgehead atoms. The van der Waals surface area contributed by atoms with Crippen molar-refractivity contribution in [2.45, 2.75) is 25.8 Å². The summed E-state index contributed by atoms with van der Waals surface area (Å²) in [5, 5.41) is 12.4. The highest BCUT2D eigenvalue weighted by molar-refractivity contribution is 6.33. The zero-order valence-corrected chi connectivity index (χ0v) is 14.7. The molecule has 0 aliphatic carbocycles. The van der Waals surface area contributed by atoms with E-state index in [-0.39, 0.29) is 12.1 Å². The Hall–Kier alpha value is -2.41. The molecule has 0 aliphatic heterocycles. The summed E-state index contributed by atoms with van der Waals surface area (Å²) < 4.78 is 27.4. The van der Waals surface area contributed by atoms with Gasteiger partial charge in [-0.1, -0.05) is 11.6 Å². The molecule has 1 aromatic carbocycles. The minimum atomic E-state index is -1.12. The maximum atomic E-state index is 13.7. The number of aromatic nitrogens is 1. The van der Waals surface area contributed by atoms with Crippen LogP contribution in [0.2, 0.25) is 5.02 Å². The highest BCUT2D eigenvalue weighted by Crippen LogP contribution is 2.30.